The van der Waals surface area contributed by atoms with E-state index in [2.05, 4.69) is 290 Å². The Morgan fingerprint density at radius 3 is 1.44 bits per heavy atom. The quantitative estimate of drug-likeness (QED) is 0.0876. The summed E-state index contributed by atoms with van der Waals surface area (Å²) in [6.07, 6.45) is 9.92. The van der Waals surface area contributed by atoms with Crippen molar-refractivity contribution in [3.63, 3.8) is 0 Å². The van der Waals surface area contributed by atoms with Crippen LogP contribution >= 0.6 is 0 Å². The molecule has 2 heteroatoms. The van der Waals surface area contributed by atoms with Gasteiger partial charge in [0.2, 0.25) is 0 Å². The van der Waals surface area contributed by atoms with Gasteiger partial charge in [0.05, 0.1) is 16.4 Å². The maximum atomic E-state index is 4.13. The summed E-state index contributed by atoms with van der Waals surface area (Å²) >= 11 is 0. The number of hydrogen-bond acceptors (Lipinski definition) is 1. The predicted molar refractivity (Wildman–Crippen MR) is 337 cm³/mol. The van der Waals surface area contributed by atoms with Gasteiger partial charge in [-0.15, -0.1) is 0 Å². The molecule has 11 aromatic carbocycles. The fourth-order valence-electron chi connectivity index (χ4n) is 12.5. The van der Waals surface area contributed by atoms with Crippen molar-refractivity contribution in [1.82, 2.24) is 4.57 Å². The van der Waals surface area contributed by atoms with Crippen LogP contribution in [0, 0.1) is 0 Å². The molecule has 0 amide bonds. The number of rotatable bonds is 16. The Balaban J connectivity index is 0.949. The first-order valence-electron chi connectivity index (χ1n) is 28.0. The average Bonchev–Trinajstić information content (AvgIpc) is 3.89. The van der Waals surface area contributed by atoms with Crippen molar-refractivity contribution in [3.8, 4) is 50.2 Å². The van der Waals surface area contributed by atoms with Crippen LogP contribution in [0.1, 0.15) is 71.6 Å². The van der Waals surface area contributed by atoms with E-state index in [1.54, 1.807) is 0 Å². The molecule has 1 heterocycles. The predicted octanol–water partition coefficient (Wildman–Crippen LogP) is 21.0. The normalized spacial score (nSPS) is 13.5. The van der Waals surface area contributed by atoms with Crippen LogP contribution in [0.25, 0.3) is 84.2 Å². The lowest BCUT2D eigenvalue weighted by molar-refractivity contribution is 0.666. The Kier molecular flexibility index (Phi) is 13.1. The second-order valence-electron chi connectivity index (χ2n) is 21.1. The fraction of sp³-hybridized carbons (Fsp3) is 0.0909. The molecule has 0 fully saturated rings. The first-order valence-corrected chi connectivity index (χ1v) is 28.0. The topological polar surface area (TPSA) is 8.17 Å². The summed E-state index contributed by atoms with van der Waals surface area (Å²) in [5.41, 5.74) is 24.5. The lowest BCUT2D eigenvalue weighted by Crippen LogP contribution is -2.29. The molecule has 1 aliphatic carbocycles. The molecular weight excluding hydrogens is 953 g/mol. The van der Waals surface area contributed by atoms with Gasteiger partial charge in [-0.3, -0.25) is 0 Å². The molecular formula is C77H62N2. The first-order chi connectivity index (χ1) is 39.0. The molecule has 0 radical (unpaired) electrons. The van der Waals surface area contributed by atoms with E-state index in [-0.39, 0.29) is 0 Å². The number of fused-ring (bicyclic) bond motifs is 6. The Morgan fingerprint density at radius 2 is 0.861 bits per heavy atom. The third kappa shape index (κ3) is 8.90. The van der Waals surface area contributed by atoms with Crippen LogP contribution in [0.4, 0.5) is 17.1 Å². The molecule has 1 unspecified atom stereocenters. The molecule has 79 heavy (non-hydrogen) atoms. The summed E-state index contributed by atoms with van der Waals surface area (Å²) in [5, 5.41) is 2.44. The van der Waals surface area contributed by atoms with Crippen molar-refractivity contribution >= 4 is 51.0 Å². The van der Waals surface area contributed by atoms with E-state index in [0.717, 1.165) is 45.9 Å². The van der Waals surface area contributed by atoms with Crippen molar-refractivity contribution < 1.29 is 0 Å². The summed E-state index contributed by atoms with van der Waals surface area (Å²) in [6.45, 7) is 10.4. The second kappa shape index (κ2) is 21.1. The number of aromatic nitrogens is 1. The molecule has 12 aromatic rings. The first kappa shape index (κ1) is 49.1. The number of anilines is 3. The molecule has 0 aliphatic heterocycles. The molecule has 0 saturated heterocycles. The molecule has 380 valence electrons. The number of aryl methyl sites for hydroxylation is 1. The molecule has 1 aromatic heterocycles. The summed E-state index contributed by atoms with van der Waals surface area (Å²) in [5.74, 6) is 0. The van der Waals surface area contributed by atoms with Gasteiger partial charge >= 0.3 is 0 Å². The monoisotopic (exact) mass is 1010 g/mol. The number of nitrogens with zero attached hydrogens (tertiary/aromatic N) is 2. The van der Waals surface area contributed by atoms with E-state index in [4.69, 9.17) is 0 Å². The molecule has 2 nitrogen and oxygen atoms in total. The molecule has 0 bridgehead atoms. The van der Waals surface area contributed by atoms with E-state index in [0.29, 0.717) is 0 Å². The van der Waals surface area contributed by atoms with Gasteiger partial charge in [0.1, 0.15) is 0 Å². The van der Waals surface area contributed by atoms with Crippen LogP contribution in [0.3, 0.4) is 0 Å². The largest absolute Gasteiger partial charge is 0.310 e. The smallest absolute Gasteiger partial charge is 0.0714 e. The second-order valence-corrected chi connectivity index (χ2v) is 21.1. The average molecular weight is 1020 g/mol. The third-order valence-corrected chi connectivity index (χ3v) is 16.5. The Hall–Kier alpha value is -9.50. The highest BCUT2D eigenvalue weighted by atomic mass is 15.1. The fourth-order valence-corrected chi connectivity index (χ4v) is 12.5. The number of para-hydroxylation sites is 1. The highest BCUT2D eigenvalue weighted by Crippen LogP contribution is 2.57. The highest BCUT2D eigenvalue weighted by molar-refractivity contribution is 6.11. The van der Waals surface area contributed by atoms with Crippen molar-refractivity contribution in [1.29, 1.82) is 0 Å². The van der Waals surface area contributed by atoms with E-state index in [1.807, 2.05) is 12.2 Å². The van der Waals surface area contributed by atoms with E-state index in [9.17, 15) is 0 Å². The minimum atomic E-state index is -0.575. The van der Waals surface area contributed by atoms with Crippen LogP contribution in [-0.2, 0) is 11.8 Å². The number of unbranched alkanes of at least 4 members (excludes halogenated alkanes) is 3. The van der Waals surface area contributed by atoms with Crippen LogP contribution in [0.2, 0.25) is 0 Å². The standard InChI is InChI=1S/C77H62N2/c1-4-7-8-11-18-56-29-41-64(42-30-56)77(63-39-27-55(6-3)28-40-63)73-24-17-16-23-69(73)70-48-47-68(53-74(70)77)78(66-43-33-58(34-44-66)57-19-12-9-13-20-57)67-45-35-60(36-46-67)62-38-50-76-72(52-62)71-51-61(59-31-25-54(5-2)26-32-59)37-49-75(71)79(76)65-21-14-10-15-22-65/h5-6,9-10,12-17,19-53H,2-4,7-8,11,18H2,1H3. The van der Waals surface area contributed by atoms with Gasteiger partial charge in [-0.1, -0.05) is 240 Å². The van der Waals surface area contributed by atoms with Gasteiger partial charge in [0.15, 0.2) is 0 Å². The van der Waals surface area contributed by atoms with Gasteiger partial charge < -0.3 is 9.47 Å². The van der Waals surface area contributed by atoms with Gasteiger partial charge in [0.25, 0.3) is 0 Å². The van der Waals surface area contributed by atoms with Crippen molar-refractivity contribution in [3.05, 3.63) is 313 Å². The van der Waals surface area contributed by atoms with E-state index in [1.165, 1.54) is 114 Å². The zero-order chi connectivity index (χ0) is 53.3. The molecule has 1 aliphatic rings. The van der Waals surface area contributed by atoms with E-state index < -0.39 is 5.41 Å². The van der Waals surface area contributed by atoms with E-state index >= 15 is 0 Å². The molecule has 0 saturated carbocycles. The van der Waals surface area contributed by atoms with Crippen LogP contribution in [0.15, 0.2) is 274 Å². The Labute approximate surface area is 465 Å². The van der Waals surface area contributed by atoms with Gasteiger partial charge in [-0.25, -0.2) is 0 Å². The summed E-state index contributed by atoms with van der Waals surface area (Å²) in [6, 6.07) is 97.0. The SMILES string of the molecule is C=Cc1ccc(-c2ccc3c(c2)c2cc(-c4ccc(N(c5ccc(-c6ccccc6)cc5)c5ccc6c(c5)C(c5ccc(C=C)cc5)(c5ccc(CCCCCC)cc5)c5ccccc5-6)cc4)ccc2n3-c2ccccc2)cc1. The van der Waals surface area contributed by atoms with Crippen LogP contribution < -0.4 is 4.90 Å². The minimum absolute atomic E-state index is 0.575. The maximum absolute atomic E-state index is 4.13. The van der Waals surface area contributed by atoms with Gasteiger partial charge in [-0.05, 0) is 169 Å². The lowest BCUT2D eigenvalue weighted by atomic mass is 9.67. The maximum Gasteiger partial charge on any atom is 0.0714 e. The Morgan fingerprint density at radius 1 is 0.392 bits per heavy atom. The molecule has 0 N–H and O–H groups in total. The summed E-state index contributed by atoms with van der Waals surface area (Å²) < 4.78 is 2.40. The lowest BCUT2D eigenvalue weighted by Gasteiger charge is -2.35. The molecule has 13 rings (SSSR count). The molecule has 0 spiro atoms. The minimum Gasteiger partial charge on any atom is -0.310 e. The number of hydrogen-bond donors (Lipinski definition) is 0. The zero-order valence-corrected chi connectivity index (χ0v) is 44.8. The molecule has 1 atom stereocenters. The van der Waals surface area contributed by atoms with Crippen LogP contribution in [0.5, 0.6) is 0 Å². The van der Waals surface area contributed by atoms with Crippen LogP contribution in [-0.4, -0.2) is 4.57 Å². The number of benzene rings is 11. The highest BCUT2D eigenvalue weighted by Gasteiger charge is 2.46. The van der Waals surface area contributed by atoms with Crippen molar-refractivity contribution in [2.24, 2.45) is 0 Å². The summed E-state index contributed by atoms with van der Waals surface area (Å²) in [7, 11) is 0. The third-order valence-electron chi connectivity index (χ3n) is 16.5. The van der Waals surface area contributed by atoms with Gasteiger partial charge in [0, 0.05) is 33.5 Å². The van der Waals surface area contributed by atoms with Crippen molar-refractivity contribution in [2.45, 2.75) is 44.4 Å². The van der Waals surface area contributed by atoms with Gasteiger partial charge in [-0.2, -0.15) is 0 Å². The van der Waals surface area contributed by atoms with Crippen molar-refractivity contribution in [2.75, 3.05) is 4.90 Å². The zero-order valence-electron chi connectivity index (χ0n) is 44.8. The summed E-state index contributed by atoms with van der Waals surface area (Å²) in [4.78, 5) is 2.44. The Bertz CT molecular complexity index is 4150.